The number of hydrogen-bond acceptors (Lipinski definition) is 6. The van der Waals surface area contributed by atoms with Crippen molar-refractivity contribution in [2.24, 2.45) is 0 Å². The van der Waals surface area contributed by atoms with Gasteiger partial charge in [-0.05, 0) is 32.9 Å². The molecule has 1 atom stereocenters. The zero-order valence-electron chi connectivity index (χ0n) is 11.4. The average Bonchev–Trinajstić information content (AvgIpc) is 2.86. The van der Waals surface area contributed by atoms with Crippen molar-refractivity contribution in [3.05, 3.63) is 5.89 Å². The molecule has 1 fully saturated rings. The van der Waals surface area contributed by atoms with Gasteiger partial charge >= 0.3 is 0 Å². The summed E-state index contributed by atoms with van der Waals surface area (Å²) in [5.41, 5.74) is 0. The van der Waals surface area contributed by atoms with E-state index in [9.17, 15) is 4.79 Å². The Balaban J connectivity index is 1.86. The van der Waals surface area contributed by atoms with Gasteiger partial charge in [0, 0.05) is 7.05 Å². The fraction of sp³-hybridized carbons (Fsp3) is 0.750. The van der Waals surface area contributed by atoms with Crippen LogP contribution in [0.2, 0.25) is 0 Å². The van der Waals surface area contributed by atoms with Crippen molar-refractivity contribution in [3.8, 4) is 0 Å². The molecule has 7 heteroatoms. The van der Waals surface area contributed by atoms with E-state index in [1.165, 1.54) is 31.0 Å². The summed E-state index contributed by atoms with van der Waals surface area (Å²) in [5, 5.41) is 10.8. The molecule has 0 saturated carbocycles. The van der Waals surface area contributed by atoms with Crippen LogP contribution in [0.15, 0.2) is 9.64 Å². The molecule has 1 N–H and O–H groups in total. The number of nitrogens with one attached hydrogen (secondary N) is 1. The third kappa shape index (κ3) is 4.21. The highest BCUT2D eigenvalue weighted by atomic mass is 32.2. The fourth-order valence-corrected chi connectivity index (χ4v) is 2.83. The minimum Gasteiger partial charge on any atom is -0.415 e. The molecule has 1 aliphatic rings. The van der Waals surface area contributed by atoms with Gasteiger partial charge in [-0.25, -0.2) is 0 Å². The standard InChI is InChI=1S/C12H20N4O2S/c1-9(11(17)13-2)19-12-15-14-10(18-12)8-16-6-4-3-5-7-16/h9H,3-8H2,1-2H3,(H,13,17)/t9-/m1/s1. The van der Waals surface area contributed by atoms with Crippen molar-refractivity contribution >= 4 is 17.7 Å². The molecule has 0 radical (unpaired) electrons. The first-order chi connectivity index (χ1) is 9.19. The molecule has 19 heavy (non-hydrogen) atoms. The van der Waals surface area contributed by atoms with Gasteiger partial charge in [-0.3, -0.25) is 9.69 Å². The summed E-state index contributed by atoms with van der Waals surface area (Å²) >= 11 is 1.29. The van der Waals surface area contributed by atoms with Crippen LogP contribution in [-0.2, 0) is 11.3 Å². The van der Waals surface area contributed by atoms with Gasteiger partial charge in [0.25, 0.3) is 5.22 Å². The van der Waals surface area contributed by atoms with E-state index in [2.05, 4.69) is 20.4 Å². The van der Waals surface area contributed by atoms with E-state index >= 15 is 0 Å². The van der Waals surface area contributed by atoms with Crippen LogP contribution >= 0.6 is 11.8 Å². The summed E-state index contributed by atoms with van der Waals surface area (Å²) in [6, 6.07) is 0. The van der Waals surface area contributed by atoms with Crippen LogP contribution in [0, 0.1) is 0 Å². The van der Waals surface area contributed by atoms with Gasteiger partial charge in [-0.1, -0.05) is 18.2 Å². The van der Waals surface area contributed by atoms with Gasteiger partial charge in [-0.15, -0.1) is 10.2 Å². The summed E-state index contributed by atoms with van der Waals surface area (Å²) < 4.78 is 5.57. The Kier molecular flexibility index (Phi) is 5.21. The number of thioether (sulfide) groups is 1. The van der Waals surface area contributed by atoms with Gasteiger partial charge in [0.15, 0.2) is 0 Å². The van der Waals surface area contributed by atoms with Crippen molar-refractivity contribution in [2.45, 2.75) is 43.2 Å². The van der Waals surface area contributed by atoms with Crippen LogP contribution in [0.3, 0.4) is 0 Å². The number of aromatic nitrogens is 2. The highest BCUT2D eigenvalue weighted by Gasteiger charge is 2.18. The van der Waals surface area contributed by atoms with Crippen LogP contribution < -0.4 is 5.32 Å². The van der Waals surface area contributed by atoms with Gasteiger partial charge in [0.2, 0.25) is 11.8 Å². The normalized spacial score (nSPS) is 18.2. The Morgan fingerprint density at radius 2 is 2.16 bits per heavy atom. The molecule has 2 heterocycles. The van der Waals surface area contributed by atoms with Crippen LogP contribution in [-0.4, -0.2) is 46.4 Å². The lowest BCUT2D eigenvalue weighted by atomic mass is 10.1. The van der Waals surface area contributed by atoms with E-state index in [0.29, 0.717) is 17.7 Å². The Morgan fingerprint density at radius 3 is 2.84 bits per heavy atom. The lowest BCUT2D eigenvalue weighted by Crippen LogP contribution is -2.29. The topological polar surface area (TPSA) is 71.3 Å². The summed E-state index contributed by atoms with van der Waals surface area (Å²) in [7, 11) is 1.62. The Bertz CT molecular complexity index is 418. The zero-order valence-corrected chi connectivity index (χ0v) is 12.2. The maximum absolute atomic E-state index is 11.4. The van der Waals surface area contributed by atoms with Crippen molar-refractivity contribution in [1.29, 1.82) is 0 Å². The molecule has 0 bridgehead atoms. The molecule has 1 saturated heterocycles. The highest BCUT2D eigenvalue weighted by molar-refractivity contribution is 8.00. The maximum atomic E-state index is 11.4. The fourth-order valence-electron chi connectivity index (χ4n) is 2.07. The van der Waals surface area contributed by atoms with Crippen molar-refractivity contribution in [3.63, 3.8) is 0 Å². The SMILES string of the molecule is CNC(=O)[C@@H](C)Sc1nnc(CN2CCCCC2)o1. The third-order valence-corrected chi connectivity index (χ3v) is 4.08. The predicted octanol–water partition coefficient (Wildman–Crippen LogP) is 1.28. The molecule has 106 valence electrons. The molecule has 1 aromatic rings. The van der Waals surface area contributed by atoms with E-state index < -0.39 is 0 Å². The van der Waals surface area contributed by atoms with Gasteiger partial charge in [0.05, 0.1) is 11.8 Å². The lowest BCUT2D eigenvalue weighted by Gasteiger charge is -2.24. The first kappa shape index (κ1) is 14.3. The van der Waals surface area contributed by atoms with E-state index in [1.54, 1.807) is 7.05 Å². The Morgan fingerprint density at radius 1 is 1.42 bits per heavy atom. The van der Waals surface area contributed by atoms with E-state index in [-0.39, 0.29) is 11.2 Å². The molecule has 1 aromatic heterocycles. The molecule has 0 spiro atoms. The Hall–Kier alpha value is -1.08. The number of piperidine rings is 1. The molecule has 1 aliphatic heterocycles. The molecule has 2 rings (SSSR count). The van der Waals surface area contributed by atoms with E-state index in [1.807, 2.05) is 6.92 Å². The second kappa shape index (κ2) is 6.91. The van der Waals surface area contributed by atoms with Crippen LogP contribution in [0.5, 0.6) is 0 Å². The quantitative estimate of drug-likeness (QED) is 0.821. The van der Waals surface area contributed by atoms with E-state index in [0.717, 1.165) is 13.1 Å². The lowest BCUT2D eigenvalue weighted by molar-refractivity contribution is -0.119. The summed E-state index contributed by atoms with van der Waals surface area (Å²) in [6.07, 6.45) is 3.79. The monoisotopic (exact) mass is 284 g/mol. The Labute approximate surface area is 117 Å². The van der Waals surface area contributed by atoms with Gasteiger partial charge in [0.1, 0.15) is 0 Å². The average molecular weight is 284 g/mol. The molecule has 0 aromatic carbocycles. The van der Waals surface area contributed by atoms with Crippen LogP contribution in [0.1, 0.15) is 32.1 Å². The smallest absolute Gasteiger partial charge is 0.277 e. The molecule has 6 nitrogen and oxygen atoms in total. The molecular weight excluding hydrogens is 264 g/mol. The number of nitrogens with zero attached hydrogens (tertiary/aromatic N) is 3. The van der Waals surface area contributed by atoms with Crippen LogP contribution in [0.25, 0.3) is 0 Å². The highest BCUT2D eigenvalue weighted by Crippen LogP contribution is 2.22. The van der Waals surface area contributed by atoms with Gasteiger partial charge < -0.3 is 9.73 Å². The van der Waals surface area contributed by atoms with Crippen molar-refractivity contribution < 1.29 is 9.21 Å². The second-order valence-corrected chi connectivity index (χ2v) is 5.96. The number of carbonyl (C=O) groups excluding carboxylic acids is 1. The summed E-state index contributed by atoms with van der Waals surface area (Å²) in [4.78, 5) is 13.7. The molecule has 1 amide bonds. The number of likely N-dealkylation sites (tertiary alicyclic amines) is 1. The second-order valence-electron chi connectivity index (χ2n) is 4.67. The minimum atomic E-state index is -0.228. The third-order valence-electron chi connectivity index (χ3n) is 3.15. The van der Waals surface area contributed by atoms with E-state index in [4.69, 9.17) is 4.42 Å². The molecule has 0 unspecified atom stereocenters. The number of amides is 1. The zero-order chi connectivity index (χ0) is 13.7. The number of rotatable bonds is 5. The number of hydrogen-bond donors (Lipinski definition) is 1. The first-order valence-corrected chi connectivity index (χ1v) is 7.50. The first-order valence-electron chi connectivity index (χ1n) is 6.62. The molecule has 0 aliphatic carbocycles. The van der Waals surface area contributed by atoms with Crippen molar-refractivity contribution in [2.75, 3.05) is 20.1 Å². The van der Waals surface area contributed by atoms with Crippen molar-refractivity contribution in [1.82, 2.24) is 20.4 Å². The minimum absolute atomic E-state index is 0.0409. The largest absolute Gasteiger partial charge is 0.415 e. The van der Waals surface area contributed by atoms with Crippen LogP contribution in [0.4, 0.5) is 0 Å². The number of carbonyl (C=O) groups is 1. The maximum Gasteiger partial charge on any atom is 0.277 e. The summed E-state index contributed by atoms with van der Waals surface area (Å²) in [5.74, 6) is 0.592. The predicted molar refractivity (Wildman–Crippen MR) is 72.8 cm³/mol. The van der Waals surface area contributed by atoms with Gasteiger partial charge in [-0.2, -0.15) is 0 Å². The molecular formula is C12H20N4O2S. The summed E-state index contributed by atoms with van der Waals surface area (Å²) in [6.45, 7) is 4.72.